The second-order valence-corrected chi connectivity index (χ2v) is 7.14. The molecular formula is C11H14N6O2S2. The topological polar surface area (TPSA) is 107 Å². The number of anilines is 1. The van der Waals surface area contributed by atoms with Gasteiger partial charge in [0.1, 0.15) is 0 Å². The van der Waals surface area contributed by atoms with Gasteiger partial charge >= 0.3 is 0 Å². The standard InChI is InChI=1S/C11H14N6O2S2/c1-8(6-16-3-2-13-7-16)15-21(18,19)10-9(12)14-11-17(10)4-5-20-11/h2-5,7-8,15H,6,12H2,1H3. The molecule has 0 bridgehead atoms. The zero-order valence-corrected chi connectivity index (χ0v) is 12.8. The molecule has 3 heterocycles. The first kappa shape index (κ1) is 14.0. The fourth-order valence-corrected chi connectivity index (χ4v) is 4.34. The van der Waals surface area contributed by atoms with Crippen LogP contribution in [0.5, 0.6) is 0 Å². The van der Waals surface area contributed by atoms with Crippen molar-refractivity contribution in [3.63, 3.8) is 0 Å². The maximum absolute atomic E-state index is 12.5. The van der Waals surface area contributed by atoms with Gasteiger partial charge in [0, 0.05) is 36.6 Å². The van der Waals surface area contributed by atoms with Gasteiger partial charge in [-0.2, -0.15) is 0 Å². The molecule has 1 atom stereocenters. The van der Waals surface area contributed by atoms with Gasteiger partial charge in [-0.3, -0.25) is 4.40 Å². The third-order valence-electron chi connectivity index (χ3n) is 2.90. The molecule has 0 spiro atoms. The molecular weight excluding hydrogens is 312 g/mol. The lowest BCUT2D eigenvalue weighted by Gasteiger charge is -2.14. The summed E-state index contributed by atoms with van der Waals surface area (Å²) in [5.41, 5.74) is 5.74. The van der Waals surface area contributed by atoms with Crippen molar-refractivity contribution in [3.8, 4) is 0 Å². The molecule has 0 amide bonds. The van der Waals surface area contributed by atoms with E-state index in [2.05, 4.69) is 14.7 Å². The van der Waals surface area contributed by atoms with Crippen LogP contribution in [-0.2, 0) is 16.6 Å². The Kier molecular flexibility index (Phi) is 3.43. The van der Waals surface area contributed by atoms with Crippen molar-refractivity contribution in [2.75, 3.05) is 5.73 Å². The van der Waals surface area contributed by atoms with Crippen LogP contribution in [-0.4, -0.2) is 33.4 Å². The minimum absolute atomic E-state index is 0.00387. The van der Waals surface area contributed by atoms with Crippen LogP contribution in [0.4, 0.5) is 5.82 Å². The van der Waals surface area contributed by atoms with Crippen LogP contribution in [0.3, 0.4) is 0 Å². The number of nitrogen functional groups attached to an aromatic ring is 1. The molecule has 10 heteroatoms. The molecule has 3 N–H and O–H groups in total. The molecule has 0 aliphatic rings. The van der Waals surface area contributed by atoms with E-state index >= 15 is 0 Å². The molecule has 0 saturated heterocycles. The molecule has 0 aliphatic carbocycles. The number of thiazole rings is 1. The van der Waals surface area contributed by atoms with Crippen molar-refractivity contribution in [2.45, 2.75) is 24.5 Å². The number of aromatic nitrogens is 4. The summed E-state index contributed by atoms with van der Waals surface area (Å²) in [6, 6.07) is -0.312. The number of sulfonamides is 1. The smallest absolute Gasteiger partial charge is 0.260 e. The van der Waals surface area contributed by atoms with Crippen LogP contribution in [0.15, 0.2) is 35.3 Å². The Morgan fingerprint density at radius 3 is 3.00 bits per heavy atom. The summed E-state index contributed by atoms with van der Waals surface area (Å²) < 4.78 is 30.9. The summed E-state index contributed by atoms with van der Waals surface area (Å²) in [6.45, 7) is 2.25. The molecule has 3 rings (SSSR count). The van der Waals surface area contributed by atoms with Crippen LogP contribution in [0, 0.1) is 0 Å². The SMILES string of the molecule is CC(Cn1ccnc1)NS(=O)(=O)c1c(N)nc2sccn12. The highest BCUT2D eigenvalue weighted by Gasteiger charge is 2.26. The molecule has 0 aromatic carbocycles. The summed E-state index contributed by atoms with van der Waals surface area (Å²) in [5, 5.41) is 1.74. The summed E-state index contributed by atoms with van der Waals surface area (Å²) in [5.74, 6) is 0.00387. The van der Waals surface area contributed by atoms with E-state index in [4.69, 9.17) is 5.73 Å². The first-order valence-electron chi connectivity index (χ1n) is 6.16. The average Bonchev–Trinajstić information content (AvgIpc) is 3.04. The fourth-order valence-electron chi connectivity index (χ4n) is 2.12. The van der Waals surface area contributed by atoms with E-state index in [0.29, 0.717) is 11.5 Å². The number of rotatable bonds is 5. The molecule has 3 aromatic rings. The Balaban J connectivity index is 1.86. The molecule has 1 unspecified atom stereocenters. The van der Waals surface area contributed by atoms with E-state index in [1.165, 1.54) is 15.7 Å². The van der Waals surface area contributed by atoms with Gasteiger partial charge in [0.2, 0.25) is 0 Å². The molecule has 3 aromatic heterocycles. The lowest BCUT2D eigenvalue weighted by Crippen LogP contribution is -2.36. The third kappa shape index (κ3) is 2.64. The first-order valence-corrected chi connectivity index (χ1v) is 8.53. The van der Waals surface area contributed by atoms with Crippen molar-refractivity contribution in [1.29, 1.82) is 0 Å². The zero-order valence-electron chi connectivity index (χ0n) is 11.2. The van der Waals surface area contributed by atoms with Gasteiger partial charge in [-0.1, -0.05) is 0 Å². The highest BCUT2D eigenvalue weighted by atomic mass is 32.2. The number of imidazole rings is 2. The van der Waals surface area contributed by atoms with Crippen molar-refractivity contribution >= 4 is 32.1 Å². The first-order chi connectivity index (χ1) is 9.97. The minimum atomic E-state index is -3.75. The summed E-state index contributed by atoms with van der Waals surface area (Å²) >= 11 is 1.33. The van der Waals surface area contributed by atoms with Crippen LogP contribution >= 0.6 is 11.3 Å². The van der Waals surface area contributed by atoms with E-state index in [-0.39, 0.29) is 16.9 Å². The molecule has 0 radical (unpaired) electrons. The number of nitrogens with zero attached hydrogens (tertiary/aromatic N) is 4. The van der Waals surface area contributed by atoms with E-state index in [1.54, 1.807) is 41.8 Å². The van der Waals surface area contributed by atoms with E-state index in [9.17, 15) is 8.42 Å². The van der Waals surface area contributed by atoms with E-state index < -0.39 is 10.0 Å². The van der Waals surface area contributed by atoms with Crippen LogP contribution in [0.2, 0.25) is 0 Å². The van der Waals surface area contributed by atoms with Crippen molar-refractivity contribution in [3.05, 3.63) is 30.3 Å². The largest absolute Gasteiger partial charge is 0.381 e. The maximum atomic E-state index is 12.5. The highest BCUT2D eigenvalue weighted by Crippen LogP contribution is 2.23. The Morgan fingerprint density at radius 2 is 2.29 bits per heavy atom. The average molecular weight is 326 g/mol. The Hall–Kier alpha value is -1.91. The highest BCUT2D eigenvalue weighted by molar-refractivity contribution is 7.89. The second kappa shape index (κ2) is 5.13. The van der Waals surface area contributed by atoms with Crippen LogP contribution in [0.25, 0.3) is 4.96 Å². The molecule has 0 fully saturated rings. The van der Waals surface area contributed by atoms with Crippen LogP contribution in [0.1, 0.15) is 6.92 Å². The van der Waals surface area contributed by atoms with E-state index in [1.807, 2.05) is 0 Å². The monoisotopic (exact) mass is 326 g/mol. The second-order valence-electron chi connectivity index (χ2n) is 4.64. The molecule has 0 aliphatic heterocycles. The van der Waals surface area contributed by atoms with Crippen LogP contribution < -0.4 is 10.5 Å². The van der Waals surface area contributed by atoms with Gasteiger partial charge in [-0.15, -0.1) is 11.3 Å². The molecule has 112 valence electrons. The quantitative estimate of drug-likeness (QED) is 0.711. The minimum Gasteiger partial charge on any atom is -0.381 e. The van der Waals surface area contributed by atoms with Gasteiger partial charge < -0.3 is 10.3 Å². The summed E-state index contributed by atoms with van der Waals surface area (Å²) in [6.07, 6.45) is 6.69. The predicted molar refractivity (Wildman–Crippen MR) is 79.5 cm³/mol. The number of nitrogens with one attached hydrogen (secondary N) is 1. The summed E-state index contributed by atoms with van der Waals surface area (Å²) in [4.78, 5) is 8.52. The molecule has 21 heavy (non-hydrogen) atoms. The fraction of sp³-hybridized carbons (Fsp3) is 0.273. The lowest BCUT2D eigenvalue weighted by atomic mass is 10.4. The van der Waals surface area contributed by atoms with Gasteiger partial charge in [-0.05, 0) is 6.92 Å². The van der Waals surface area contributed by atoms with Crippen molar-refractivity contribution in [1.82, 2.24) is 23.7 Å². The number of nitrogens with two attached hydrogens (primary N) is 1. The Bertz CT molecular complexity index is 849. The summed E-state index contributed by atoms with van der Waals surface area (Å²) in [7, 11) is -3.75. The van der Waals surface area contributed by atoms with Crippen molar-refractivity contribution in [2.24, 2.45) is 0 Å². The molecule has 0 saturated carbocycles. The van der Waals surface area contributed by atoms with Gasteiger partial charge in [0.05, 0.1) is 6.33 Å². The predicted octanol–water partition coefficient (Wildman–Crippen LogP) is 0.542. The zero-order chi connectivity index (χ0) is 15.0. The Labute approximate surface area is 125 Å². The number of fused-ring (bicyclic) bond motifs is 1. The molecule has 8 nitrogen and oxygen atoms in total. The third-order valence-corrected chi connectivity index (χ3v) is 5.28. The number of hydrogen-bond donors (Lipinski definition) is 2. The Morgan fingerprint density at radius 1 is 1.48 bits per heavy atom. The van der Waals surface area contributed by atoms with Crippen molar-refractivity contribution < 1.29 is 8.42 Å². The normalized spacial score (nSPS) is 13.8. The van der Waals surface area contributed by atoms with E-state index in [0.717, 1.165) is 0 Å². The maximum Gasteiger partial charge on any atom is 0.260 e. The lowest BCUT2D eigenvalue weighted by molar-refractivity contribution is 0.518. The van der Waals surface area contributed by atoms with Gasteiger partial charge in [0.25, 0.3) is 10.0 Å². The van der Waals surface area contributed by atoms with Gasteiger partial charge in [0.15, 0.2) is 15.8 Å². The van der Waals surface area contributed by atoms with Gasteiger partial charge in [-0.25, -0.2) is 23.1 Å². The number of hydrogen-bond acceptors (Lipinski definition) is 6.